The summed E-state index contributed by atoms with van der Waals surface area (Å²) in [6.45, 7) is 8.55. The fourth-order valence-electron chi connectivity index (χ4n) is 3.66. The lowest BCUT2D eigenvalue weighted by Gasteiger charge is -2.20. The number of carbonyl (C=O) groups excluding carboxylic acids is 1. The number of fused-ring (bicyclic) bond motifs is 1. The van der Waals surface area contributed by atoms with Crippen molar-refractivity contribution in [2.75, 3.05) is 11.4 Å². The molecule has 0 saturated carbocycles. The van der Waals surface area contributed by atoms with E-state index in [0.717, 1.165) is 12.0 Å². The largest absolute Gasteiger partial charge is 0.288 e. The van der Waals surface area contributed by atoms with Crippen LogP contribution in [0.4, 0.5) is 5.13 Å². The van der Waals surface area contributed by atoms with Crippen LogP contribution in [0.5, 0.6) is 0 Å². The zero-order valence-corrected chi connectivity index (χ0v) is 21.2. The van der Waals surface area contributed by atoms with Gasteiger partial charge in [0.2, 0.25) is 5.91 Å². The van der Waals surface area contributed by atoms with E-state index in [-0.39, 0.29) is 22.4 Å². The van der Waals surface area contributed by atoms with Crippen LogP contribution in [0.3, 0.4) is 0 Å². The quantitative estimate of drug-likeness (QED) is 0.344. The first-order chi connectivity index (χ1) is 16.2. The summed E-state index contributed by atoms with van der Waals surface area (Å²) in [5.41, 5.74) is 2.36. The number of hydrogen-bond acceptors (Lipinski definition) is 7. The molecule has 0 atom stereocenters. The summed E-state index contributed by atoms with van der Waals surface area (Å²) >= 11 is 1.38. The zero-order valence-electron chi connectivity index (χ0n) is 19.6. The summed E-state index contributed by atoms with van der Waals surface area (Å²) in [4.78, 5) is 28.0. The van der Waals surface area contributed by atoms with Crippen LogP contribution in [0.1, 0.15) is 39.2 Å². The van der Waals surface area contributed by atoms with Crippen molar-refractivity contribution in [3.63, 3.8) is 0 Å². The maximum atomic E-state index is 13.2. The third kappa shape index (κ3) is 4.60. The number of rotatable bonds is 8. The van der Waals surface area contributed by atoms with Gasteiger partial charge in [-0.15, -0.1) is 11.3 Å². The van der Waals surface area contributed by atoms with E-state index in [1.165, 1.54) is 27.8 Å². The van der Waals surface area contributed by atoms with Crippen LogP contribution >= 0.6 is 11.3 Å². The molecule has 0 aliphatic carbocycles. The molecule has 8 nitrogen and oxygen atoms in total. The number of nitrogens with zero attached hydrogens (tertiary/aromatic N) is 5. The van der Waals surface area contributed by atoms with Crippen LogP contribution in [0.15, 0.2) is 53.1 Å². The average Bonchev–Trinajstić information content (AvgIpc) is 3.45. The van der Waals surface area contributed by atoms with Crippen LogP contribution in [-0.4, -0.2) is 39.8 Å². The number of aromatic nitrogens is 4. The predicted octanol–water partition coefficient (Wildman–Crippen LogP) is 4.89. The third-order valence-electron chi connectivity index (χ3n) is 5.32. The number of benzene rings is 1. The Balaban J connectivity index is 1.73. The molecule has 0 unspecified atom stereocenters. The first kappa shape index (κ1) is 24.0. The van der Waals surface area contributed by atoms with Crippen LogP contribution in [0.2, 0.25) is 0 Å². The Morgan fingerprint density at radius 2 is 1.88 bits per heavy atom. The molecule has 4 aromatic rings. The normalized spacial score (nSPS) is 11.9. The van der Waals surface area contributed by atoms with E-state index in [9.17, 15) is 13.2 Å². The highest BCUT2D eigenvalue weighted by molar-refractivity contribution is 7.90. The number of amides is 1. The summed E-state index contributed by atoms with van der Waals surface area (Å²) < 4.78 is 27.6. The molecule has 0 bridgehead atoms. The number of carbonyl (C=O) groups is 1. The molecule has 3 heterocycles. The van der Waals surface area contributed by atoms with E-state index in [1.54, 1.807) is 35.2 Å². The minimum Gasteiger partial charge on any atom is -0.288 e. The van der Waals surface area contributed by atoms with Gasteiger partial charge in [-0.25, -0.2) is 27.3 Å². The molecule has 0 fully saturated rings. The van der Waals surface area contributed by atoms with Crippen molar-refractivity contribution < 1.29 is 13.2 Å². The van der Waals surface area contributed by atoms with E-state index in [1.807, 2.05) is 33.1 Å². The molecule has 0 N–H and O–H groups in total. The molecule has 1 amide bonds. The zero-order chi connectivity index (χ0) is 24.5. The van der Waals surface area contributed by atoms with Gasteiger partial charge in [0.25, 0.3) is 10.0 Å². The summed E-state index contributed by atoms with van der Waals surface area (Å²) in [6.07, 6.45) is 4.09. The molecule has 178 valence electrons. The molecule has 0 aliphatic rings. The summed E-state index contributed by atoms with van der Waals surface area (Å²) in [7, 11) is -3.82. The van der Waals surface area contributed by atoms with E-state index >= 15 is 0 Å². The van der Waals surface area contributed by atoms with Crippen molar-refractivity contribution >= 4 is 43.4 Å². The first-order valence-corrected chi connectivity index (χ1v) is 13.4. The van der Waals surface area contributed by atoms with Gasteiger partial charge in [-0.2, -0.15) is 0 Å². The third-order valence-corrected chi connectivity index (χ3v) is 7.87. The molecule has 34 heavy (non-hydrogen) atoms. The SMILES string of the molecule is CCCN(C(=O)CC(C)C)c1nc(-c2ncnc3c2ccn3S(=O)(=O)c2ccc(C)cc2)cs1. The highest BCUT2D eigenvalue weighted by atomic mass is 32.2. The van der Waals surface area contributed by atoms with Crippen molar-refractivity contribution in [1.29, 1.82) is 0 Å². The second-order valence-electron chi connectivity index (χ2n) is 8.55. The standard InChI is InChI=1S/C24H27N5O3S2/c1-5-11-28(21(30)13-16(2)3)24-27-20(14-33-24)22-19-10-12-29(23(19)26-15-25-22)34(31,32)18-8-6-17(4)7-9-18/h6-10,12,14-16H,5,11,13H2,1-4H3. The summed E-state index contributed by atoms with van der Waals surface area (Å²) in [5, 5.41) is 3.03. The number of aryl methyl sites for hydroxylation is 1. The fourth-order valence-corrected chi connectivity index (χ4v) is 5.81. The molecule has 0 radical (unpaired) electrons. The minimum absolute atomic E-state index is 0.0425. The van der Waals surface area contributed by atoms with Gasteiger partial charge in [-0.05, 0) is 37.5 Å². The Hall–Kier alpha value is -3.11. The van der Waals surface area contributed by atoms with Crippen molar-refractivity contribution in [2.45, 2.75) is 45.4 Å². The molecule has 4 rings (SSSR count). The van der Waals surface area contributed by atoms with Gasteiger partial charge in [0.05, 0.1) is 4.90 Å². The molecule has 0 spiro atoms. The lowest BCUT2D eigenvalue weighted by Crippen LogP contribution is -2.32. The van der Waals surface area contributed by atoms with Crippen LogP contribution in [0.25, 0.3) is 22.4 Å². The molecule has 3 aromatic heterocycles. The molecule has 0 aliphatic heterocycles. The lowest BCUT2D eigenvalue weighted by molar-refractivity contribution is -0.119. The van der Waals surface area contributed by atoms with Crippen molar-refractivity contribution in [2.24, 2.45) is 5.92 Å². The second-order valence-corrected chi connectivity index (χ2v) is 11.2. The Morgan fingerprint density at radius 3 is 2.56 bits per heavy atom. The molecular weight excluding hydrogens is 470 g/mol. The van der Waals surface area contributed by atoms with Crippen molar-refractivity contribution in [3.8, 4) is 11.4 Å². The summed E-state index contributed by atoms with van der Waals surface area (Å²) in [6, 6.07) is 8.38. The van der Waals surface area contributed by atoms with Gasteiger partial charge in [0.1, 0.15) is 17.7 Å². The molecule has 0 saturated heterocycles. The Bertz CT molecular complexity index is 1420. The van der Waals surface area contributed by atoms with Gasteiger partial charge in [-0.1, -0.05) is 38.5 Å². The second kappa shape index (κ2) is 9.63. The van der Waals surface area contributed by atoms with Gasteiger partial charge >= 0.3 is 0 Å². The monoisotopic (exact) mass is 497 g/mol. The van der Waals surface area contributed by atoms with Crippen molar-refractivity contribution in [1.82, 2.24) is 18.9 Å². The average molecular weight is 498 g/mol. The number of thiazole rings is 1. The van der Waals surface area contributed by atoms with E-state index in [4.69, 9.17) is 4.98 Å². The molecular formula is C24H27N5O3S2. The highest BCUT2D eigenvalue weighted by Gasteiger charge is 2.24. The lowest BCUT2D eigenvalue weighted by atomic mass is 10.1. The smallest absolute Gasteiger partial charge is 0.269 e. The molecule has 1 aromatic carbocycles. The van der Waals surface area contributed by atoms with Crippen LogP contribution in [-0.2, 0) is 14.8 Å². The fraction of sp³-hybridized carbons (Fsp3) is 0.333. The van der Waals surface area contributed by atoms with E-state index in [2.05, 4.69) is 9.97 Å². The number of hydrogen-bond donors (Lipinski definition) is 0. The Kier molecular flexibility index (Phi) is 6.81. The van der Waals surface area contributed by atoms with Gasteiger partial charge in [0.15, 0.2) is 10.8 Å². The van der Waals surface area contributed by atoms with Crippen molar-refractivity contribution in [3.05, 3.63) is 53.8 Å². The molecule has 10 heteroatoms. The van der Waals surface area contributed by atoms with Gasteiger partial charge < -0.3 is 0 Å². The highest BCUT2D eigenvalue weighted by Crippen LogP contribution is 2.32. The topological polar surface area (TPSA) is 98.1 Å². The predicted molar refractivity (Wildman–Crippen MR) is 134 cm³/mol. The summed E-state index contributed by atoms with van der Waals surface area (Å²) in [5.74, 6) is 0.295. The van der Waals surface area contributed by atoms with Crippen LogP contribution in [0, 0.1) is 12.8 Å². The van der Waals surface area contributed by atoms with Crippen LogP contribution < -0.4 is 4.90 Å². The van der Waals surface area contributed by atoms with E-state index < -0.39 is 10.0 Å². The maximum Gasteiger partial charge on any atom is 0.269 e. The Morgan fingerprint density at radius 1 is 1.15 bits per heavy atom. The first-order valence-electron chi connectivity index (χ1n) is 11.1. The minimum atomic E-state index is -3.82. The maximum absolute atomic E-state index is 13.2. The van der Waals surface area contributed by atoms with Gasteiger partial charge in [0, 0.05) is 29.9 Å². The number of anilines is 1. The van der Waals surface area contributed by atoms with Gasteiger partial charge in [-0.3, -0.25) is 9.69 Å². The Labute approximate surface area is 203 Å². The van der Waals surface area contributed by atoms with E-state index in [0.29, 0.717) is 34.9 Å².